The van der Waals surface area contributed by atoms with Crippen LogP contribution in [0.5, 0.6) is 0 Å². The van der Waals surface area contributed by atoms with Crippen molar-refractivity contribution < 1.29 is 44.8 Å². The number of benzene rings is 11. The van der Waals surface area contributed by atoms with Crippen molar-refractivity contribution in [3.05, 3.63) is 389 Å². The zero-order valence-corrected chi connectivity index (χ0v) is 52.1. The molecule has 0 heterocycles. The molecule has 83 heavy (non-hydrogen) atoms. The van der Waals surface area contributed by atoms with E-state index in [4.69, 9.17) is 12.8 Å². The first-order valence-electron chi connectivity index (χ1n) is 28.0. The minimum absolute atomic E-state index is 0. The maximum Gasteiger partial charge on any atom is 1.00 e. The fraction of sp³-hybridized carbons (Fsp3) is 0.0633. The number of hydrogen-bond donors (Lipinski definition) is 0. The van der Waals surface area contributed by atoms with Gasteiger partial charge in [-0.15, -0.1) is 23.3 Å². The van der Waals surface area contributed by atoms with Crippen molar-refractivity contribution in [3.63, 3.8) is 0 Å². The molecular formula is C79H60Au2P2+2. The smallest absolute Gasteiger partial charge is 0.366 e. The molecule has 11 aromatic rings. The monoisotopic (exact) mass is 1460 g/mol. The Morgan fingerprint density at radius 1 is 0.325 bits per heavy atom. The topological polar surface area (TPSA) is 0 Å². The predicted molar refractivity (Wildman–Crippen MR) is 346 cm³/mol. The van der Waals surface area contributed by atoms with Crippen LogP contribution >= 0.6 is 15.8 Å². The standard InChI is InChI=1S/2C27H17.C25H24P2.2Au/c2*1-2-20-12-11-18-24-23-17-9-10-19-25(23)27(26(20)24,21-13-5-3-6-14-21)22-15-7-4-8-16-22;1-5-13-22(14-6-1)26(23-15-7-2-8-16-23)21-27(24-17-9-3-10-18-24)25-19-11-4-12-20-25;;/h2*3-19H;1-3,5-11,13-20H,4,12,21H2;;/q2*-1;;2*+1/p+2. The van der Waals surface area contributed by atoms with Crippen LogP contribution in [0.4, 0.5) is 0 Å². The first kappa shape index (κ1) is 58.6. The summed E-state index contributed by atoms with van der Waals surface area (Å²) in [5.74, 6) is 6.69. The summed E-state index contributed by atoms with van der Waals surface area (Å²) < 4.78 is 0. The first-order valence-corrected chi connectivity index (χ1v) is 31.4. The minimum atomic E-state index is -0.823. The van der Waals surface area contributed by atoms with Crippen LogP contribution in [0.2, 0.25) is 0 Å². The first-order chi connectivity index (χ1) is 40.2. The van der Waals surface area contributed by atoms with Gasteiger partial charge >= 0.3 is 44.8 Å². The molecule has 0 amide bonds. The van der Waals surface area contributed by atoms with Gasteiger partial charge in [-0.05, 0) is 117 Å². The van der Waals surface area contributed by atoms with E-state index >= 15 is 0 Å². The Labute approximate surface area is 525 Å². The fourth-order valence-corrected chi connectivity index (χ4v) is 20.7. The van der Waals surface area contributed by atoms with Crippen LogP contribution in [0, 0.1) is 24.7 Å². The van der Waals surface area contributed by atoms with Crippen LogP contribution in [0.25, 0.3) is 22.3 Å². The van der Waals surface area contributed by atoms with Crippen molar-refractivity contribution in [1.82, 2.24) is 0 Å². The molecule has 406 valence electrons. The quantitative estimate of drug-likeness (QED) is 0.0554. The van der Waals surface area contributed by atoms with Crippen LogP contribution in [0.1, 0.15) is 68.5 Å². The molecule has 1 unspecified atom stereocenters. The second kappa shape index (κ2) is 27.2. The molecule has 0 aromatic heterocycles. The maximum atomic E-state index is 7.97. The molecule has 0 saturated carbocycles. The molecule has 11 aromatic carbocycles. The average Bonchev–Trinajstić information content (AvgIpc) is 3.96. The maximum absolute atomic E-state index is 7.97. The molecule has 0 saturated heterocycles. The molecule has 1 atom stereocenters. The molecule has 3 aliphatic carbocycles. The summed E-state index contributed by atoms with van der Waals surface area (Å²) in [7, 11) is -1.62. The van der Waals surface area contributed by atoms with Gasteiger partial charge in [-0.2, -0.15) is 0 Å². The number of allylic oxidation sites excluding steroid dienone is 4. The Kier molecular flexibility index (Phi) is 19.2. The molecule has 0 aliphatic heterocycles. The van der Waals surface area contributed by atoms with Gasteiger partial charge in [0.1, 0.15) is 31.8 Å². The van der Waals surface area contributed by atoms with Crippen molar-refractivity contribution in [2.24, 2.45) is 0 Å². The Balaban J connectivity index is 0.000000137. The molecule has 3 aliphatic rings. The van der Waals surface area contributed by atoms with Crippen molar-refractivity contribution in [3.8, 4) is 34.1 Å². The fourth-order valence-electron chi connectivity index (χ4n) is 12.9. The van der Waals surface area contributed by atoms with E-state index in [1.165, 1.54) is 90.3 Å². The van der Waals surface area contributed by atoms with E-state index in [-0.39, 0.29) is 44.8 Å². The predicted octanol–water partition coefficient (Wildman–Crippen LogP) is 17.6. The normalized spacial score (nSPS) is 13.6. The number of rotatable bonds is 10. The van der Waals surface area contributed by atoms with E-state index in [0.29, 0.717) is 0 Å². The van der Waals surface area contributed by atoms with Gasteiger partial charge in [-0.3, -0.25) is 11.8 Å². The van der Waals surface area contributed by atoms with E-state index in [9.17, 15) is 0 Å². The second-order valence-electron chi connectivity index (χ2n) is 20.6. The van der Waals surface area contributed by atoms with Crippen molar-refractivity contribution in [2.45, 2.75) is 23.7 Å². The van der Waals surface area contributed by atoms with Crippen LogP contribution in [-0.4, -0.2) is 5.90 Å². The second-order valence-corrected chi connectivity index (χ2v) is 26.3. The van der Waals surface area contributed by atoms with Crippen LogP contribution in [-0.2, 0) is 55.6 Å². The Hall–Kier alpha value is -7.64. The van der Waals surface area contributed by atoms with Gasteiger partial charge in [-0.1, -0.05) is 266 Å². The van der Waals surface area contributed by atoms with Crippen molar-refractivity contribution in [2.75, 3.05) is 5.90 Å². The minimum Gasteiger partial charge on any atom is -0.366 e. The molecule has 0 N–H and O–H groups in total. The third-order valence-electron chi connectivity index (χ3n) is 16.3. The van der Waals surface area contributed by atoms with Crippen LogP contribution in [0.3, 0.4) is 0 Å². The Morgan fingerprint density at radius 3 is 0.976 bits per heavy atom. The van der Waals surface area contributed by atoms with E-state index in [2.05, 4.69) is 303 Å². The van der Waals surface area contributed by atoms with Crippen LogP contribution in [0.15, 0.2) is 321 Å². The number of hydrogen-bond acceptors (Lipinski definition) is 0. The summed E-state index contributed by atoms with van der Waals surface area (Å²) in [5, 5.41) is 6.17. The Bertz CT molecular complexity index is 3780. The average molecular weight is 1470 g/mol. The third kappa shape index (κ3) is 11.2. The summed E-state index contributed by atoms with van der Waals surface area (Å²) in [5.41, 5.74) is 15.3. The molecular weight excluding hydrogens is 1400 g/mol. The van der Waals surface area contributed by atoms with Crippen molar-refractivity contribution in [1.29, 1.82) is 0 Å². The molecule has 0 fully saturated rings. The van der Waals surface area contributed by atoms with Gasteiger partial charge in [0.15, 0.2) is 5.90 Å². The van der Waals surface area contributed by atoms with E-state index in [1.807, 2.05) is 24.3 Å². The molecule has 14 rings (SSSR count). The molecule has 0 radical (unpaired) electrons. The van der Waals surface area contributed by atoms with E-state index in [1.54, 1.807) is 5.31 Å². The summed E-state index contributed by atoms with van der Waals surface area (Å²) >= 11 is 0. The molecule has 0 bridgehead atoms. The van der Waals surface area contributed by atoms with Crippen molar-refractivity contribution >= 4 is 31.8 Å². The SMILES string of the molecule is C1=CC([PH+](C[PH+](c2ccccc2)c2ccccc2)c2ccccc2)=CCC1.[Au+].[Au+].[C-]#Cc1cccc2c1C(c1ccccc1)(c1ccccc1)c1ccccc1-2.[C-]#Cc1cccc2c1C(c1ccccc1)(c1ccccc1)c1ccccc1-2. The largest absolute Gasteiger partial charge is 1.00 e. The van der Waals surface area contributed by atoms with Gasteiger partial charge in [0.25, 0.3) is 0 Å². The zero-order chi connectivity index (χ0) is 54.9. The summed E-state index contributed by atoms with van der Waals surface area (Å²) in [4.78, 5) is 0. The van der Waals surface area contributed by atoms with E-state index in [0.717, 1.165) is 22.3 Å². The summed E-state index contributed by atoms with van der Waals surface area (Å²) in [6.45, 7) is 0. The van der Waals surface area contributed by atoms with Gasteiger partial charge in [0.05, 0.1) is 16.1 Å². The van der Waals surface area contributed by atoms with E-state index < -0.39 is 26.7 Å². The van der Waals surface area contributed by atoms with Gasteiger partial charge < -0.3 is 12.8 Å². The van der Waals surface area contributed by atoms with Gasteiger partial charge in [0, 0.05) is 0 Å². The molecule has 0 spiro atoms. The van der Waals surface area contributed by atoms with Crippen LogP contribution < -0.4 is 15.9 Å². The molecule has 0 nitrogen and oxygen atoms in total. The summed E-state index contributed by atoms with van der Waals surface area (Å²) in [6.07, 6.45) is 25.6. The molecule has 4 heteroatoms. The zero-order valence-electron chi connectivity index (χ0n) is 45.7. The van der Waals surface area contributed by atoms with Gasteiger partial charge in [-0.25, -0.2) is 0 Å². The van der Waals surface area contributed by atoms with Gasteiger partial charge in [0.2, 0.25) is 0 Å². The Morgan fingerprint density at radius 2 is 0.639 bits per heavy atom. The third-order valence-corrected chi connectivity index (χ3v) is 23.3. The number of fused-ring (bicyclic) bond motifs is 6. The summed E-state index contributed by atoms with van der Waals surface area (Å²) in [6, 6.07) is 106.